The number of fused-ring (bicyclic) bond motifs is 1. The zero-order valence-electron chi connectivity index (χ0n) is 13.8. The number of nitro benzene ring substituents is 1. The molecule has 3 heterocycles. The smallest absolute Gasteiger partial charge is 0.270 e. The predicted molar refractivity (Wildman–Crippen MR) is 89.4 cm³/mol. The van der Waals surface area contributed by atoms with E-state index >= 15 is 0 Å². The van der Waals surface area contributed by atoms with Crippen molar-refractivity contribution in [1.82, 2.24) is 15.1 Å². The topological polar surface area (TPSA) is 107 Å². The summed E-state index contributed by atoms with van der Waals surface area (Å²) in [5, 5.41) is 15.9. The van der Waals surface area contributed by atoms with Gasteiger partial charge in [-0.3, -0.25) is 10.1 Å². The van der Waals surface area contributed by atoms with E-state index in [1.165, 1.54) is 6.07 Å². The van der Waals surface area contributed by atoms with Gasteiger partial charge in [-0.05, 0) is 31.4 Å². The number of nitro groups is 1. The zero-order valence-corrected chi connectivity index (χ0v) is 13.8. The van der Waals surface area contributed by atoms with Crippen LogP contribution in [0.1, 0.15) is 43.0 Å². The maximum atomic E-state index is 11.0. The van der Waals surface area contributed by atoms with Crippen LogP contribution < -0.4 is 0 Å². The van der Waals surface area contributed by atoms with E-state index in [0.29, 0.717) is 24.7 Å². The fraction of sp³-hybridized carbons (Fsp3) is 0.412. The van der Waals surface area contributed by atoms with Crippen molar-refractivity contribution >= 4 is 16.6 Å². The minimum atomic E-state index is -0.394. The number of aromatic nitrogens is 3. The average molecular weight is 342 g/mol. The number of non-ortho nitro benzene ring substituents is 1. The number of H-pyrrole nitrogens is 1. The fourth-order valence-electron chi connectivity index (χ4n) is 3.32. The van der Waals surface area contributed by atoms with Gasteiger partial charge in [0.2, 0.25) is 5.89 Å². The maximum Gasteiger partial charge on any atom is 0.270 e. The number of aromatic amines is 1. The van der Waals surface area contributed by atoms with Crippen molar-refractivity contribution in [3.63, 3.8) is 0 Å². The molecule has 130 valence electrons. The normalized spacial score (nSPS) is 20.8. The summed E-state index contributed by atoms with van der Waals surface area (Å²) in [5.74, 6) is 1.46. The molecule has 0 saturated carbocycles. The number of benzene rings is 1. The lowest BCUT2D eigenvalue weighted by atomic mass is 9.96. The van der Waals surface area contributed by atoms with Gasteiger partial charge in [0.25, 0.3) is 5.69 Å². The lowest BCUT2D eigenvalue weighted by molar-refractivity contribution is -0.384. The number of nitrogens with zero attached hydrogens (tertiary/aromatic N) is 3. The highest BCUT2D eigenvalue weighted by Gasteiger charge is 2.26. The molecular formula is C17H18N4O4. The first-order chi connectivity index (χ1) is 12.1. The lowest BCUT2D eigenvalue weighted by Gasteiger charge is -2.24. The van der Waals surface area contributed by atoms with Gasteiger partial charge in [-0.15, -0.1) is 0 Å². The van der Waals surface area contributed by atoms with Crippen LogP contribution in [0, 0.1) is 10.1 Å². The fourth-order valence-corrected chi connectivity index (χ4v) is 3.32. The summed E-state index contributed by atoms with van der Waals surface area (Å²) >= 11 is 0. The van der Waals surface area contributed by atoms with Gasteiger partial charge in [-0.1, -0.05) is 5.16 Å². The van der Waals surface area contributed by atoms with Crippen LogP contribution >= 0.6 is 0 Å². The summed E-state index contributed by atoms with van der Waals surface area (Å²) in [7, 11) is 0. The van der Waals surface area contributed by atoms with Crippen LogP contribution in [0.2, 0.25) is 0 Å². The Hall–Kier alpha value is -2.74. The monoisotopic (exact) mass is 342 g/mol. The Morgan fingerprint density at radius 2 is 2.32 bits per heavy atom. The second kappa shape index (κ2) is 6.29. The molecule has 1 fully saturated rings. The number of hydrogen-bond donors (Lipinski definition) is 1. The number of rotatable bonds is 4. The molecule has 0 aliphatic carbocycles. The molecule has 3 aromatic rings. The Morgan fingerprint density at radius 1 is 1.44 bits per heavy atom. The van der Waals surface area contributed by atoms with Crippen LogP contribution in [0.3, 0.4) is 0 Å². The van der Waals surface area contributed by atoms with E-state index in [-0.39, 0.29) is 17.7 Å². The minimum absolute atomic E-state index is 0.0679. The Balaban J connectivity index is 1.57. The van der Waals surface area contributed by atoms with Crippen LogP contribution in [-0.2, 0) is 11.2 Å². The molecule has 0 amide bonds. The standard InChI is InChI=1S/C17H18N4O4/c1-10-6-11(4-5-24-10)17-19-16(20-25-17)7-12-9-18-15-3-2-13(21(22)23)8-14(12)15/h2-3,8-11,18H,4-7H2,1H3/t10-,11-/m1/s1. The van der Waals surface area contributed by atoms with E-state index in [0.717, 1.165) is 29.3 Å². The summed E-state index contributed by atoms with van der Waals surface area (Å²) in [6.45, 7) is 2.75. The summed E-state index contributed by atoms with van der Waals surface area (Å²) in [5.41, 5.74) is 1.83. The van der Waals surface area contributed by atoms with E-state index in [1.54, 1.807) is 12.1 Å². The second-order valence-corrected chi connectivity index (χ2v) is 6.43. The lowest BCUT2D eigenvalue weighted by Crippen LogP contribution is -2.21. The van der Waals surface area contributed by atoms with Gasteiger partial charge in [0.05, 0.1) is 11.0 Å². The SMILES string of the molecule is C[C@@H]1C[C@H](c2nc(Cc3c[nH]c4ccc([N+](=O)[O-])cc34)no2)CCO1. The van der Waals surface area contributed by atoms with E-state index in [2.05, 4.69) is 15.1 Å². The van der Waals surface area contributed by atoms with Crippen LogP contribution in [-0.4, -0.2) is 32.8 Å². The van der Waals surface area contributed by atoms with Gasteiger partial charge < -0.3 is 14.2 Å². The molecule has 1 N–H and O–H groups in total. The van der Waals surface area contributed by atoms with Crippen molar-refractivity contribution < 1.29 is 14.2 Å². The Bertz CT molecular complexity index is 916. The molecule has 0 radical (unpaired) electrons. The van der Waals surface area contributed by atoms with Crippen molar-refractivity contribution in [3.05, 3.63) is 51.8 Å². The molecule has 1 aliphatic heterocycles. The quantitative estimate of drug-likeness (QED) is 0.575. The van der Waals surface area contributed by atoms with Gasteiger partial charge >= 0.3 is 0 Å². The molecule has 8 nitrogen and oxygen atoms in total. The largest absolute Gasteiger partial charge is 0.378 e. The summed E-state index contributed by atoms with van der Waals surface area (Å²) in [4.78, 5) is 18.2. The van der Waals surface area contributed by atoms with E-state index < -0.39 is 4.92 Å². The third kappa shape index (κ3) is 3.12. The van der Waals surface area contributed by atoms with Crippen molar-refractivity contribution in [3.8, 4) is 0 Å². The average Bonchev–Trinajstić information content (AvgIpc) is 3.22. The molecule has 2 atom stereocenters. The Morgan fingerprint density at radius 3 is 3.12 bits per heavy atom. The first-order valence-electron chi connectivity index (χ1n) is 8.28. The zero-order chi connectivity index (χ0) is 17.4. The molecule has 0 unspecified atom stereocenters. The second-order valence-electron chi connectivity index (χ2n) is 6.43. The number of hydrogen-bond acceptors (Lipinski definition) is 6. The first kappa shape index (κ1) is 15.8. The molecule has 8 heteroatoms. The molecule has 2 aromatic heterocycles. The molecule has 1 saturated heterocycles. The molecule has 0 spiro atoms. The summed E-state index contributed by atoms with van der Waals surface area (Å²) in [6.07, 6.45) is 4.25. The molecule has 4 rings (SSSR count). The minimum Gasteiger partial charge on any atom is -0.378 e. The van der Waals surface area contributed by atoms with Gasteiger partial charge in [-0.25, -0.2) is 0 Å². The number of nitrogens with one attached hydrogen (secondary N) is 1. The molecule has 25 heavy (non-hydrogen) atoms. The van der Waals surface area contributed by atoms with Gasteiger partial charge in [0, 0.05) is 48.2 Å². The summed E-state index contributed by atoms with van der Waals surface area (Å²) < 4.78 is 11.0. The molecule has 1 aliphatic rings. The van der Waals surface area contributed by atoms with Crippen LogP contribution in [0.15, 0.2) is 28.9 Å². The summed E-state index contributed by atoms with van der Waals surface area (Å²) in [6, 6.07) is 4.77. The van der Waals surface area contributed by atoms with Crippen molar-refractivity contribution in [2.75, 3.05) is 6.61 Å². The third-order valence-corrected chi connectivity index (χ3v) is 4.63. The van der Waals surface area contributed by atoms with Crippen molar-refractivity contribution in [2.45, 2.75) is 38.2 Å². The molecular weight excluding hydrogens is 324 g/mol. The highest BCUT2D eigenvalue weighted by Crippen LogP contribution is 2.29. The molecule has 0 bridgehead atoms. The van der Waals surface area contributed by atoms with E-state index in [9.17, 15) is 10.1 Å². The third-order valence-electron chi connectivity index (χ3n) is 4.63. The number of ether oxygens (including phenoxy) is 1. The highest BCUT2D eigenvalue weighted by molar-refractivity contribution is 5.85. The van der Waals surface area contributed by atoms with Crippen molar-refractivity contribution in [2.24, 2.45) is 0 Å². The van der Waals surface area contributed by atoms with Gasteiger partial charge in [0.1, 0.15) is 0 Å². The van der Waals surface area contributed by atoms with Crippen LogP contribution in [0.25, 0.3) is 10.9 Å². The molecule has 1 aromatic carbocycles. The van der Waals surface area contributed by atoms with Gasteiger partial charge in [0.15, 0.2) is 5.82 Å². The predicted octanol–water partition coefficient (Wildman–Crippen LogP) is 3.33. The Labute approximate surface area is 143 Å². The first-order valence-corrected chi connectivity index (χ1v) is 8.28. The van der Waals surface area contributed by atoms with Crippen molar-refractivity contribution in [1.29, 1.82) is 0 Å². The highest BCUT2D eigenvalue weighted by atomic mass is 16.6. The van der Waals surface area contributed by atoms with E-state index in [4.69, 9.17) is 9.26 Å². The maximum absolute atomic E-state index is 11.0. The van der Waals surface area contributed by atoms with Crippen LogP contribution in [0.4, 0.5) is 5.69 Å². The van der Waals surface area contributed by atoms with E-state index in [1.807, 2.05) is 13.1 Å². The Kier molecular flexibility index (Phi) is 3.96. The van der Waals surface area contributed by atoms with Gasteiger partial charge in [-0.2, -0.15) is 4.98 Å². The van der Waals surface area contributed by atoms with Crippen LogP contribution in [0.5, 0.6) is 0 Å².